The standard InChI is InChI=1S/C27H28N4O4S2/c1-19-5-3-7-24-25(19)29-27(36-24)31(18-20-6-4-14-28-17-20)26(32)21-12-15-30(16-13-21)37(33,34)23-10-8-22(35-2)9-11-23/h3-11,14,17,21H,12-13,15-16,18H2,1-2H3. The SMILES string of the molecule is COc1ccc(S(=O)(=O)N2CCC(C(=O)N(Cc3cccnc3)c3nc4c(C)cccc4s3)CC2)cc1. The van der Waals surface area contributed by atoms with E-state index in [1.165, 1.54) is 15.6 Å². The van der Waals surface area contributed by atoms with Crippen molar-refractivity contribution >= 4 is 42.6 Å². The highest BCUT2D eigenvalue weighted by molar-refractivity contribution is 7.89. The highest BCUT2D eigenvalue weighted by Crippen LogP contribution is 2.34. The van der Waals surface area contributed by atoms with Crippen LogP contribution in [-0.4, -0.2) is 48.8 Å². The molecule has 5 rings (SSSR count). The van der Waals surface area contributed by atoms with Gasteiger partial charge in [-0.05, 0) is 67.3 Å². The predicted molar refractivity (Wildman–Crippen MR) is 144 cm³/mol. The van der Waals surface area contributed by atoms with Gasteiger partial charge in [0.2, 0.25) is 15.9 Å². The number of ether oxygens (including phenoxy) is 1. The van der Waals surface area contributed by atoms with Crippen LogP contribution in [0.4, 0.5) is 5.13 Å². The van der Waals surface area contributed by atoms with Crippen molar-refractivity contribution in [2.24, 2.45) is 5.92 Å². The van der Waals surface area contributed by atoms with Crippen LogP contribution < -0.4 is 9.64 Å². The summed E-state index contributed by atoms with van der Waals surface area (Å²) in [5, 5.41) is 0.645. The smallest absolute Gasteiger partial charge is 0.243 e. The molecule has 0 atom stereocenters. The Morgan fingerprint density at radius 1 is 1.11 bits per heavy atom. The second-order valence-electron chi connectivity index (χ2n) is 9.06. The number of pyridine rings is 1. The van der Waals surface area contributed by atoms with E-state index < -0.39 is 10.0 Å². The number of aromatic nitrogens is 2. The highest BCUT2D eigenvalue weighted by atomic mass is 32.2. The fourth-order valence-corrected chi connectivity index (χ4v) is 7.08. The molecule has 0 unspecified atom stereocenters. The van der Waals surface area contributed by atoms with Crippen molar-refractivity contribution in [2.45, 2.75) is 31.2 Å². The predicted octanol–water partition coefficient (Wildman–Crippen LogP) is 4.64. The first-order valence-corrected chi connectivity index (χ1v) is 14.3. The van der Waals surface area contributed by atoms with Crippen LogP contribution in [0.3, 0.4) is 0 Å². The van der Waals surface area contributed by atoms with Gasteiger partial charge in [0.15, 0.2) is 5.13 Å². The molecule has 1 aliphatic rings. The van der Waals surface area contributed by atoms with Gasteiger partial charge < -0.3 is 4.74 Å². The van der Waals surface area contributed by atoms with Gasteiger partial charge in [-0.15, -0.1) is 0 Å². The molecular formula is C27H28N4O4S2. The summed E-state index contributed by atoms with van der Waals surface area (Å²) in [5.74, 6) is 0.260. The number of thiazole rings is 1. The molecule has 0 spiro atoms. The minimum atomic E-state index is -3.64. The van der Waals surface area contributed by atoms with Crippen LogP contribution in [0.5, 0.6) is 5.75 Å². The van der Waals surface area contributed by atoms with Gasteiger partial charge >= 0.3 is 0 Å². The van der Waals surface area contributed by atoms with Crippen LogP contribution in [-0.2, 0) is 21.4 Å². The lowest BCUT2D eigenvalue weighted by Crippen LogP contribution is -2.44. The monoisotopic (exact) mass is 536 g/mol. The van der Waals surface area contributed by atoms with Crippen molar-refractivity contribution in [1.82, 2.24) is 14.3 Å². The summed E-state index contributed by atoms with van der Waals surface area (Å²) in [6, 6.07) is 16.2. The molecule has 37 heavy (non-hydrogen) atoms. The third-order valence-electron chi connectivity index (χ3n) is 6.67. The Hall–Kier alpha value is -3.34. The zero-order chi connectivity index (χ0) is 26.0. The number of carbonyl (C=O) groups excluding carboxylic acids is 1. The van der Waals surface area contributed by atoms with Gasteiger partial charge in [0, 0.05) is 31.4 Å². The van der Waals surface area contributed by atoms with Crippen molar-refractivity contribution in [3.8, 4) is 5.75 Å². The maximum absolute atomic E-state index is 13.9. The maximum atomic E-state index is 13.9. The van der Waals surface area contributed by atoms with Crippen molar-refractivity contribution in [3.63, 3.8) is 0 Å². The highest BCUT2D eigenvalue weighted by Gasteiger charge is 2.35. The molecule has 1 aliphatic heterocycles. The average Bonchev–Trinajstić information content (AvgIpc) is 3.37. The Morgan fingerprint density at radius 2 is 1.86 bits per heavy atom. The molecule has 0 bridgehead atoms. The van der Waals surface area contributed by atoms with E-state index in [0.29, 0.717) is 30.3 Å². The Balaban J connectivity index is 1.36. The van der Waals surface area contributed by atoms with Crippen LogP contribution in [0.2, 0.25) is 0 Å². The zero-order valence-corrected chi connectivity index (χ0v) is 22.3. The molecule has 0 aliphatic carbocycles. The summed E-state index contributed by atoms with van der Waals surface area (Å²) >= 11 is 1.49. The van der Waals surface area contributed by atoms with E-state index in [4.69, 9.17) is 9.72 Å². The van der Waals surface area contributed by atoms with E-state index in [1.807, 2.05) is 37.3 Å². The second-order valence-corrected chi connectivity index (χ2v) is 12.0. The van der Waals surface area contributed by atoms with Gasteiger partial charge in [0.1, 0.15) is 5.75 Å². The molecule has 1 amide bonds. The number of methoxy groups -OCH3 is 1. The number of para-hydroxylation sites is 1. The number of anilines is 1. The van der Waals surface area contributed by atoms with E-state index >= 15 is 0 Å². The number of amides is 1. The van der Waals surface area contributed by atoms with Crippen LogP contribution >= 0.6 is 11.3 Å². The number of piperidine rings is 1. The van der Waals surface area contributed by atoms with Crippen molar-refractivity contribution in [1.29, 1.82) is 0 Å². The minimum Gasteiger partial charge on any atom is -0.497 e. The van der Waals surface area contributed by atoms with Gasteiger partial charge in [-0.25, -0.2) is 13.4 Å². The van der Waals surface area contributed by atoms with Crippen LogP contribution in [0.25, 0.3) is 10.2 Å². The largest absolute Gasteiger partial charge is 0.497 e. The van der Waals surface area contributed by atoms with Crippen molar-refractivity contribution in [3.05, 3.63) is 78.1 Å². The number of hydrogen-bond acceptors (Lipinski definition) is 7. The molecule has 1 fully saturated rings. The molecule has 10 heteroatoms. The normalized spacial score (nSPS) is 15.1. The number of carbonyl (C=O) groups is 1. The maximum Gasteiger partial charge on any atom is 0.243 e. The van der Waals surface area contributed by atoms with E-state index in [2.05, 4.69) is 4.98 Å². The first kappa shape index (κ1) is 25.3. The molecular weight excluding hydrogens is 508 g/mol. The topological polar surface area (TPSA) is 92.7 Å². The minimum absolute atomic E-state index is 0.0398. The fourth-order valence-electron chi connectivity index (χ4n) is 4.56. The molecule has 2 aromatic carbocycles. The van der Waals surface area contributed by atoms with E-state index in [1.54, 1.807) is 48.7 Å². The lowest BCUT2D eigenvalue weighted by Gasteiger charge is -2.33. The van der Waals surface area contributed by atoms with Gasteiger partial charge in [0.25, 0.3) is 0 Å². The number of sulfonamides is 1. The van der Waals surface area contributed by atoms with Crippen LogP contribution in [0.15, 0.2) is 71.9 Å². The molecule has 3 heterocycles. The van der Waals surface area contributed by atoms with E-state index in [-0.39, 0.29) is 29.8 Å². The summed E-state index contributed by atoms with van der Waals surface area (Å²) in [7, 11) is -2.10. The molecule has 0 N–H and O–H groups in total. The van der Waals surface area contributed by atoms with Crippen molar-refractivity contribution in [2.75, 3.05) is 25.1 Å². The molecule has 8 nitrogen and oxygen atoms in total. The van der Waals surface area contributed by atoms with E-state index in [0.717, 1.165) is 21.3 Å². The Bertz CT molecular complexity index is 1500. The summed E-state index contributed by atoms with van der Waals surface area (Å²) in [5.41, 5.74) is 2.86. The van der Waals surface area contributed by atoms with Gasteiger partial charge in [-0.2, -0.15) is 4.31 Å². The van der Waals surface area contributed by atoms with E-state index in [9.17, 15) is 13.2 Å². The quantitative estimate of drug-likeness (QED) is 0.342. The number of fused-ring (bicyclic) bond motifs is 1. The molecule has 2 aromatic heterocycles. The van der Waals surface area contributed by atoms with Crippen molar-refractivity contribution < 1.29 is 17.9 Å². The lowest BCUT2D eigenvalue weighted by atomic mass is 9.96. The molecule has 1 saturated heterocycles. The number of rotatable bonds is 7. The van der Waals surface area contributed by atoms with Gasteiger partial charge in [-0.3, -0.25) is 14.7 Å². The third-order valence-corrected chi connectivity index (χ3v) is 9.63. The number of benzene rings is 2. The second kappa shape index (κ2) is 10.6. The summed E-state index contributed by atoms with van der Waals surface area (Å²) in [4.78, 5) is 24.8. The van der Waals surface area contributed by atoms with Gasteiger partial charge in [-0.1, -0.05) is 29.5 Å². The molecule has 4 aromatic rings. The lowest BCUT2D eigenvalue weighted by molar-refractivity contribution is -0.123. The Labute approximate surface area is 220 Å². The number of nitrogens with zero attached hydrogens (tertiary/aromatic N) is 4. The first-order chi connectivity index (χ1) is 17.9. The summed E-state index contributed by atoms with van der Waals surface area (Å²) < 4.78 is 34.0. The van der Waals surface area contributed by atoms with Crippen LogP contribution in [0.1, 0.15) is 24.0 Å². The summed E-state index contributed by atoms with van der Waals surface area (Å²) in [6.07, 6.45) is 4.35. The van der Waals surface area contributed by atoms with Crippen LogP contribution in [0, 0.1) is 12.8 Å². The molecule has 0 radical (unpaired) electrons. The summed E-state index contributed by atoms with van der Waals surface area (Å²) in [6.45, 7) is 2.93. The Morgan fingerprint density at radius 3 is 2.51 bits per heavy atom. The van der Waals surface area contributed by atoms with Gasteiger partial charge in [0.05, 0.1) is 28.8 Å². The number of aryl methyl sites for hydroxylation is 1. The average molecular weight is 537 g/mol. The zero-order valence-electron chi connectivity index (χ0n) is 20.7. The Kier molecular flexibility index (Phi) is 7.23. The molecule has 0 saturated carbocycles. The first-order valence-electron chi connectivity index (χ1n) is 12.1. The third kappa shape index (κ3) is 5.22. The fraction of sp³-hybridized carbons (Fsp3) is 0.296. The number of hydrogen-bond donors (Lipinski definition) is 0. The molecule has 192 valence electrons.